The Morgan fingerprint density at radius 2 is 1.46 bits per heavy atom. The number of esters is 1. The summed E-state index contributed by atoms with van der Waals surface area (Å²) in [6, 6.07) is 9.84. The molecule has 134 valence electrons. The van der Waals surface area contributed by atoms with Crippen molar-refractivity contribution >= 4 is 28.0 Å². The molecule has 1 aromatic rings. The highest BCUT2D eigenvalue weighted by atomic mass is 28.3. The quantitative estimate of drug-likeness (QED) is 0.589. The molecule has 4 nitrogen and oxygen atoms in total. The van der Waals surface area contributed by atoms with Gasteiger partial charge in [0.1, 0.15) is 0 Å². The van der Waals surface area contributed by atoms with Crippen LogP contribution in [0.4, 0.5) is 0 Å². The van der Waals surface area contributed by atoms with E-state index in [4.69, 9.17) is 4.74 Å². The van der Waals surface area contributed by atoms with Crippen molar-refractivity contribution in [3.63, 3.8) is 0 Å². The average molecular weight is 366 g/mol. The molecular formula is C18H31NO3Si2. The number of carbonyl (C=O) groups excluding carboxylic acids is 2. The Balaban J connectivity index is 3.06. The minimum absolute atomic E-state index is 0.0177. The first-order chi connectivity index (χ1) is 11.0. The second-order valence-electron chi connectivity index (χ2n) is 8.41. The summed E-state index contributed by atoms with van der Waals surface area (Å²) in [5, 5.41) is 3.05. The van der Waals surface area contributed by atoms with Gasteiger partial charge in [0.15, 0.2) is 0 Å². The zero-order chi connectivity index (χ0) is 18.5. The first-order valence-electron chi connectivity index (χ1n) is 8.38. The molecule has 1 amide bonds. The zero-order valence-corrected chi connectivity index (χ0v) is 18.0. The van der Waals surface area contributed by atoms with Crippen molar-refractivity contribution in [3.05, 3.63) is 35.9 Å². The molecule has 1 rings (SSSR count). The summed E-state index contributed by atoms with van der Waals surface area (Å²) >= 11 is 0. The molecule has 24 heavy (non-hydrogen) atoms. The number of hydrogen-bond acceptors (Lipinski definition) is 3. The molecular weight excluding hydrogens is 334 g/mol. The van der Waals surface area contributed by atoms with Gasteiger partial charge in [-0.2, -0.15) is 0 Å². The smallest absolute Gasteiger partial charge is 0.306 e. The van der Waals surface area contributed by atoms with Crippen molar-refractivity contribution in [1.82, 2.24) is 5.32 Å². The van der Waals surface area contributed by atoms with Crippen LogP contribution in [0, 0.1) is 0 Å². The van der Waals surface area contributed by atoms with E-state index in [0.29, 0.717) is 6.54 Å². The number of carbonyl (C=O) groups is 2. The molecule has 1 aromatic carbocycles. The molecule has 0 aliphatic heterocycles. The van der Waals surface area contributed by atoms with Crippen molar-refractivity contribution < 1.29 is 14.3 Å². The molecule has 0 radical (unpaired) electrons. The first kappa shape index (κ1) is 20.6. The number of benzene rings is 1. The normalized spacial score (nSPS) is 14.6. The summed E-state index contributed by atoms with van der Waals surface area (Å²) in [7, 11) is -2.42. The zero-order valence-electron chi connectivity index (χ0n) is 16.0. The van der Waals surface area contributed by atoms with Gasteiger partial charge < -0.3 is 10.1 Å². The van der Waals surface area contributed by atoms with Crippen LogP contribution < -0.4 is 5.32 Å². The molecule has 0 saturated heterocycles. The van der Waals surface area contributed by atoms with E-state index in [1.807, 2.05) is 30.3 Å². The molecule has 1 N–H and O–H groups in total. The summed E-state index contributed by atoms with van der Waals surface area (Å²) in [6.45, 7) is 13.3. The van der Waals surface area contributed by atoms with Gasteiger partial charge in [-0.25, -0.2) is 0 Å². The van der Waals surface area contributed by atoms with E-state index in [-0.39, 0.29) is 23.0 Å². The Morgan fingerprint density at radius 1 is 0.958 bits per heavy atom. The third-order valence-electron chi connectivity index (χ3n) is 4.25. The van der Waals surface area contributed by atoms with Gasteiger partial charge >= 0.3 is 5.97 Å². The lowest BCUT2D eigenvalue weighted by molar-refractivity contribution is -0.142. The van der Waals surface area contributed by atoms with Crippen molar-refractivity contribution in [2.75, 3.05) is 7.11 Å². The van der Waals surface area contributed by atoms with Crippen LogP contribution in [0.3, 0.4) is 0 Å². The molecule has 0 bridgehead atoms. The van der Waals surface area contributed by atoms with E-state index in [9.17, 15) is 9.59 Å². The molecule has 6 heteroatoms. The standard InChI is InChI=1S/C18H31NO3Si2/c1-22-18(21)16(24(5,6)7)15(23(2,3)4)17(20)19-13-14-11-9-8-10-12-14/h8-12,15-16H,13H2,1-7H3,(H,19,20)/t15-,16+/m1/s1. The SMILES string of the molecule is COC(=O)[C@H]([C@H](C(=O)NCc1ccccc1)[Si](C)(C)C)[Si](C)(C)C. The predicted octanol–water partition coefficient (Wildman–Crippen LogP) is 3.89. The lowest BCUT2D eigenvalue weighted by atomic mass is 10.2. The Hall–Kier alpha value is -1.41. The van der Waals surface area contributed by atoms with Gasteiger partial charge in [-0.15, -0.1) is 0 Å². The molecule has 0 aromatic heterocycles. The molecule has 0 aliphatic rings. The summed E-state index contributed by atoms with van der Waals surface area (Å²) in [5.74, 6) is -0.257. The third kappa shape index (κ3) is 5.59. The Bertz CT molecular complexity index is 562. The number of ether oxygens (including phenoxy) is 1. The van der Waals surface area contributed by atoms with Crippen LogP contribution in [-0.2, 0) is 20.9 Å². The van der Waals surface area contributed by atoms with Crippen LogP contribution in [-0.4, -0.2) is 35.1 Å². The highest BCUT2D eigenvalue weighted by molar-refractivity contribution is 6.87. The number of hydrogen-bond donors (Lipinski definition) is 1. The fourth-order valence-corrected chi connectivity index (χ4v) is 10.1. The van der Waals surface area contributed by atoms with Crippen LogP contribution in [0.5, 0.6) is 0 Å². The van der Waals surface area contributed by atoms with Crippen molar-refractivity contribution in [3.8, 4) is 0 Å². The molecule has 0 aliphatic carbocycles. The first-order valence-corrected chi connectivity index (χ1v) is 15.5. The second kappa shape index (κ2) is 8.11. The van der Waals surface area contributed by atoms with Gasteiger partial charge in [0, 0.05) is 12.1 Å². The van der Waals surface area contributed by atoms with Crippen molar-refractivity contribution in [1.29, 1.82) is 0 Å². The van der Waals surface area contributed by atoms with Gasteiger partial charge in [0.05, 0.1) is 28.8 Å². The average Bonchev–Trinajstić information content (AvgIpc) is 2.48. The third-order valence-corrected chi connectivity index (χ3v) is 9.48. The van der Waals surface area contributed by atoms with Crippen molar-refractivity contribution in [2.45, 2.75) is 56.9 Å². The summed E-state index contributed by atoms with van der Waals surface area (Å²) in [5.41, 5.74) is 0.466. The molecule has 0 saturated carbocycles. The molecule has 0 spiro atoms. The van der Waals surface area contributed by atoms with Crippen LogP contribution in [0.15, 0.2) is 30.3 Å². The highest BCUT2D eigenvalue weighted by Gasteiger charge is 2.49. The highest BCUT2D eigenvalue weighted by Crippen LogP contribution is 2.42. The largest absolute Gasteiger partial charge is 0.469 e. The molecule has 0 unspecified atom stereocenters. The lowest BCUT2D eigenvalue weighted by Crippen LogP contribution is -2.50. The van der Waals surface area contributed by atoms with Gasteiger partial charge in [0.2, 0.25) is 5.91 Å². The molecule has 0 fully saturated rings. The maximum Gasteiger partial charge on any atom is 0.306 e. The fourth-order valence-electron chi connectivity index (χ4n) is 3.06. The lowest BCUT2D eigenvalue weighted by Gasteiger charge is -2.39. The fraction of sp³-hybridized carbons (Fsp3) is 0.556. The maximum absolute atomic E-state index is 13.0. The maximum atomic E-state index is 13.0. The number of methoxy groups -OCH3 is 1. The number of nitrogens with one attached hydrogen (secondary N) is 1. The van der Waals surface area contributed by atoms with E-state index in [1.54, 1.807) is 0 Å². The van der Waals surface area contributed by atoms with Gasteiger partial charge in [-0.3, -0.25) is 9.59 Å². The molecule has 2 atom stereocenters. The van der Waals surface area contributed by atoms with Gasteiger partial charge in [-0.1, -0.05) is 69.6 Å². The molecule has 0 heterocycles. The number of amides is 1. The summed E-state index contributed by atoms with van der Waals surface area (Å²) in [6.07, 6.45) is 0. The van der Waals surface area contributed by atoms with Crippen LogP contribution in [0.2, 0.25) is 50.4 Å². The van der Waals surface area contributed by atoms with Gasteiger partial charge in [0.25, 0.3) is 0 Å². The van der Waals surface area contributed by atoms with Gasteiger partial charge in [-0.05, 0) is 5.56 Å². The second-order valence-corrected chi connectivity index (χ2v) is 19.1. The monoisotopic (exact) mass is 365 g/mol. The van der Waals surface area contributed by atoms with E-state index >= 15 is 0 Å². The minimum atomic E-state index is -1.92. The summed E-state index contributed by atoms with van der Waals surface area (Å²) in [4.78, 5) is 25.5. The number of rotatable bonds is 7. The van der Waals surface area contributed by atoms with Crippen molar-refractivity contribution in [2.24, 2.45) is 0 Å². The van der Waals surface area contributed by atoms with Crippen LogP contribution >= 0.6 is 0 Å². The van der Waals surface area contributed by atoms with E-state index in [1.165, 1.54) is 7.11 Å². The predicted molar refractivity (Wildman–Crippen MR) is 104 cm³/mol. The van der Waals surface area contributed by atoms with E-state index in [2.05, 4.69) is 44.6 Å². The van der Waals surface area contributed by atoms with E-state index in [0.717, 1.165) is 5.56 Å². The Kier molecular flexibility index (Phi) is 6.98. The minimum Gasteiger partial charge on any atom is -0.469 e. The van der Waals surface area contributed by atoms with Crippen LogP contribution in [0.25, 0.3) is 0 Å². The Morgan fingerprint density at radius 3 is 1.88 bits per heavy atom. The van der Waals surface area contributed by atoms with E-state index < -0.39 is 16.1 Å². The topological polar surface area (TPSA) is 55.4 Å². The van der Waals surface area contributed by atoms with Crippen LogP contribution in [0.1, 0.15) is 5.56 Å². The summed E-state index contributed by atoms with van der Waals surface area (Å²) < 4.78 is 5.07. The Labute approximate surface area is 148 Å².